The van der Waals surface area contributed by atoms with Crippen LogP contribution in [0.1, 0.15) is 92.9 Å². The van der Waals surface area contributed by atoms with Gasteiger partial charge in [0.2, 0.25) is 0 Å². The van der Waals surface area contributed by atoms with Gasteiger partial charge in [0, 0.05) is 13.0 Å². The third kappa shape index (κ3) is 16.2. The summed E-state index contributed by atoms with van der Waals surface area (Å²) in [4.78, 5) is 10.6. The van der Waals surface area contributed by atoms with Crippen molar-refractivity contribution in [3.8, 4) is 0 Å². The molecule has 0 aromatic carbocycles. The smallest absolute Gasteiger partial charge is 0.305 e. The van der Waals surface area contributed by atoms with E-state index >= 15 is 0 Å². The number of methoxy groups -OCH3 is 1. The first-order valence-corrected chi connectivity index (χ1v) is 13.1. The second-order valence-electron chi connectivity index (χ2n) is 10.3. The molecule has 34 heavy (non-hydrogen) atoms. The topological polar surface area (TPSA) is 87.0 Å². The van der Waals surface area contributed by atoms with Crippen molar-refractivity contribution in [3.63, 3.8) is 0 Å². The van der Waals surface area contributed by atoms with Crippen LogP contribution in [0.5, 0.6) is 0 Å². The first kappa shape index (κ1) is 32.6. The van der Waals surface area contributed by atoms with Gasteiger partial charge in [-0.3, -0.25) is 4.79 Å². The van der Waals surface area contributed by atoms with E-state index in [-0.39, 0.29) is 24.5 Å². The van der Waals surface area contributed by atoms with Crippen LogP contribution in [0, 0.1) is 23.7 Å². The summed E-state index contributed by atoms with van der Waals surface area (Å²) in [6.45, 7) is 12.9. The van der Waals surface area contributed by atoms with Gasteiger partial charge in [-0.1, -0.05) is 70.6 Å². The van der Waals surface area contributed by atoms with E-state index < -0.39 is 12.1 Å². The number of aliphatic carboxylic acids is 1. The highest BCUT2D eigenvalue weighted by molar-refractivity contribution is 5.67. The van der Waals surface area contributed by atoms with Crippen molar-refractivity contribution in [2.75, 3.05) is 7.11 Å². The van der Waals surface area contributed by atoms with E-state index in [1.165, 1.54) is 5.57 Å². The molecule has 0 bridgehead atoms. The van der Waals surface area contributed by atoms with Crippen LogP contribution in [0.2, 0.25) is 0 Å². The Morgan fingerprint density at radius 1 is 0.971 bits per heavy atom. The molecule has 0 amide bonds. The van der Waals surface area contributed by atoms with Crippen molar-refractivity contribution in [3.05, 3.63) is 36.0 Å². The minimum atomic E-state index is -0.949. The highest BCUT2D eigenvalue weighted by atomic mass is 16.5. The minimum absolute atomic E-state index is 0.117. The van der Waals surface area contributed by atoms with Crippen LogP contribution in [-0.2, 0) is 9.53 Å². The van der Waals surface area contributed by atoms with E-state index in [4.69, 9.17) is 9.84 Å². The van der Waals surface area contributed by atoms with Crippen LogP contribution in [0.4, 0.5) is 0 Å². The number of aliphatic hydroxyl groups excluding tert-OH is 2. The molecule has 198 valence electrons. The quantitative estimate of drug-likeness (QED) is 0.144. The van der Waals surface area contributed by atoms with Crippen molar-refractivity contribution >= 4 is 5.97 Å². The lowest BCUT2D eigenvalue weighted by Gasteiger charge is -2.23. The molecule has 0 aliphatic heterocycles. The first-order valence-electron chi connectivity index (χ1n) is 13.1. The molecule has 0 rings (SSSR count). The molecule has 7 atom stereocenters. The summed E-state index contributed by atoms with van der Waals surface area (Å²) in [6.07, 6.45) is 15.8. The second kappa shape index (κ2) is 18.8. The zero-order chi connectivity index (χ0) is 26.1. The Morgan fingerprint density at radius 2 is 1.65 bits per heavy atom. The lowest BCUT2D eigenvalue weighted by Crippen LogP contribution is -2.23. The average Bonchev–Trinajstić information content (AvgIpc) is 2.76. The number of carbonyl (C=O) groups is 1. The Bertz CT molecular complexity index is 620. The fourth-order valence-corrected chi connectivity index (χ4v) is 4.29. The van der Waals surface area contributed by atoms with Crippen molar-refractivity contribution in [2.45, 2.75) is 111 Å². The highest BCUT2D eigenvalue weighted by Crippen LogP contribution is 2.21. The van der Waals surface area contributed by atoms with Gasteiger partial charge in [-0.05, 0) is 69.6 Å². The van der Waals surface area contributed by atoms with Gasteiger partial charge in [0.25, 0.3) is 0 Å². The Hall–Kier alpha value is -1.43. The van der Waals surface area contributed by atoms with Gasteiger partial charge in [0.05, 0.1) is 24.7 Å². The summed E-state index contributed by atoms with van der Waals surface area (Å²) in [6, 6.07) is 0. The zero-order valence-corrected chi connectivity index (χ0v) is 22.7. The molecule has 0 spiro atoms. The number of hydrogen-bond acceptors (Lipinski definition) is 4. The summed E-state index contributed by atoms with van der Waals surface area (Å²) in [5.74, 6) is 0.474. The minimum Gasteiger partial charge on any atom is -0.481 e. The van der Waals surface area contributed by atoms with Gasteiger partial charge < -0.3 is 20.1 Å². The Balaban J connectivity index is 4.33. The van der Waals surface area contributed by atoms with Crippen LogP contribution < -0.4 is 0 Å². The predicted octanol–water partition coefficient (Wildman–Crippen LogP) is 6.55. The Morgan fingerprint density at radius 3 is 2.24 bits per heavy atom. The third-order valence-corrected chi connectivity index (χ3v) is 6.71. The maximum Gasteiger partial charge on any atom is 0.305 e. The van der Waals surface area contributed by atoms with Crippen molar-refractivity contribution in [1.82, 2.24) is 0 Å². The van der Waals surface area contributed by atoms with Gasteiger partial charge in [-0.25, -0.2) is 0 Å². The maximum absolute atomic E-state index is 10.6. The Labute approximate surface area is 209 Å². The number of carboxylic acids is 1. The highest BCUT2D eigenvalue weighted by Gasteiger charge is 2.18. The number of ether oxygens (including phenoxy) is 1. The van der Waals surface area contributed by atoms with Crippen LogP contribution in [0.15, 0.2) is 36.0 Å². The number of aliphatic hydroxyl groups is 2. The maximum atomic E-state index is 10.6. The average molecular weight is 481 g/mol. The zero-order valence-electron chi connectivity index (χ0n) is 22.7. The molecule has 5 nitrogen and oxygen atoms in total. The SMILES string of the molecule is CCC(OC)C(C)CCC(O)C(C)/C=C/C=C(\C)CC(C)/C=C/CC(C)CCC(O)CC(=O)O. The number of carboxylic acid groups (broad SMARTS) is 1. The Kier molecular flexibility index (Phi) is 18.0. The van der Waals surface area contributed by atoms with Crippen LogP contribution in [-0.4, -0.2) is 46.7 Å². The lowest BCUT2D eigenvalue weighted by molar-refractivity contribution is -0.139. The van der Waals surface area contributed by atoms with Crippen molar-refractivity contribution in [2.24, 2.45) is 23.7 Å². The molecule has 3 N–H and O–H groups in total. The predicted molar refractivity (Wildman–Crippen MR) is 142 cm³/mol. The first-order chi connectivity index (χ1) is 16.0. The number of allylic oxidation sites excluding steroid dienone is 5. The largest absolute Gasteiger partial charge is 0.481 e. The van der Waals surface area contributed by atoms with Crippen LogP contribution >= 0.6 is 0 Å². The molecular formula is C29H52O5. The molecule has 0 radical (unpaired) electrons. The molecule has 0 aliphatic rings. The number of rotatable bonds is 19. The van der Waals surface area contributed by atoms with Crippen molar-refractivity contribution in [1.29, 1.82) is 0 Å². The molecule has 0 fully saturated rings. The second-order valence-corrected chi connectivity index (χ2v) is 10.3. The summed E-state index contributed by atoms with van der Waals surface area (Å²) in [7, 11) is 1.76. The molecule has 0 saturated heterocycles. The van der Waals surface area contributed by atoms with Crippen LogP contribution in [0.25, 0.3) is 0 Å². The van der Waals surface area contributed by atoms with E-state index in [0.29, 0.717) is 24.2 Å². The van der Waals surface area contributed by atoms with Gasteiger partial charge in [0.15, 0.2) is 0 Å². The van der Waals surface area contributed by atoms with Gasteiger partial charge in [-0.15, -0.1) is 0 Å². The molecule has 0 saturated carbocycles. The van der Waals surface area contributed by atoms with E-state index in [1.54, 1.807) is 7.11 Å². The molecule has 0 aromatic heterocycles. The van der Waals surface area contributed by atoms with Gasteiger partial charge in [-0.2, -0.15) is 0 Å². The monoisotopic (exact) mass is 480 g/mol. The fourth-order valence-electron chi connectivity index (χ4n) is 4.29. The summed E-state index contributed by atoms with van der Waals surface area (Å²) in [5.41, 5.74) is 1.31. The van der Waals surface area contributed by atoms with E-state index in [1.807, 2.05) is 0 Å². The molecule has 0 aliphatic carbocycles. The van der Waals surface area contributed by atoms with E-state index in [2.05, 4.69) is 71.9 Å². The van der Waals surface area contributed by atoms with Crippen LogP contribution in [0.3, 0.4) is 0 Å². The summed E-state index contributed by atoms with van der Waals surface area (Å²) < 4.78 is 5.51. The van der Waals surface area contributed by atoms with E-state index in [0.717, 1.165) is 38.5 Å². The number of hydrogen-bond donors (Lipinski definition) is 3. The summed E-state index contributed by atoms with van der Waals surface area (Å²) in [5, 5.41) is 28.9. The summed E-state index contributed by atoms with van der Waals surface area (Å²) >= 11 is 0. The molecule has 7 unspecified atom stereocenters. The normalized spacial score (nSPS) is 19.1. The lowest BCUT2D eigenvalue weighted by atomic mass is 9.91. The molecule has 0 heterocycles. The standard InChI is InChI=1S/C29H52O5/c1-8-28(34-7)25(6)16-18-27(31)24(5)14-10-13-23(4)19-22(3)12-9-11-21(2)15-17-26(30)20-29(32)33/h9-10,12-14,21-22,24-28,30-31H,8,11,15-20H2,1-7H3,(H,32,33)/b12-9+,14-10+,23-13+. The van der Waals surface area contributed by atoms with Gasteiger partial charge in [0.1, 0.15) is 0 Å². The van der Waals surface area contributed by atoms with Crippen molar-refractivity contribution < 1.29 is 24.9 Å². The van der Waals surface area contributed by atoms with Gasteiger partial charge >= 0.3 is 5.97 Å². The molecule has 5 heteroatoms. The molecular weight excluding hydrogens is 428 g/mol. The van der Waals surface area contributed by atoms with E-state index in [9.17, 15) is 15.0 Å². The third-order valence-electron chi connectivity index (χ3n) is 6.71. The molecule has 0 aromatic rings. The fraction of sp³-hybridized carbons (Fsp3) is 0.759.